The van der Waals surface area contributed by atoms with Crippen LogP contribution in [0.25, 0.3) is 0 Å². The molecule has 0 bridgehead atoms. The third-order valence-corrected chi connectivity index (χ3v) is 2.20. The van der Waals surface area contributed by atoms with E-state index >= 15 is 0 Å². The van der Waals surface area contributed by atoms with E-state index in [4.69, 9.17) is 16.3 Å². The summed E-state index contributed by atoms with van der Waals surface area (Å²) in [6, 6.07) is 0. The van der Waals surface area contributed by atoms with Crippen LogP contribution in [0.3, 0.4) is 0 Å². The minimum absolute atomic E-state index is 0.283. The van der Waals surface area contributed by atoms with Crippen molar-refractivity contribution in [2.45, 2.75) is 25.1 Å². The Morgan fingerprint density at radius 2 is 2.44 bits per heavy atom. The highest BCUT2D eigenvalue weighted by atomic mass is 35.5. The maximum atomic E-state index is 5.88. The lowest BCUT2D eigenvalue weighted by Crippen LogP contribution is -2.23. The molecule has 0 aromatic carbocycles. The lowest BCUT2D eigenvalue weighted by atomic mass is 9.99. The van der Waals surface area contributed by atoms with Crippen molar-refractivity contribution in [3.63, 3.8) is 0 Å². The Balaban J connectivity index is 2.23. The Bertz CT molecular complexity index is 77.0. The first-order chi connectivity index (χ1) is 4.30. The van der Waals surface area contributed by atoms with E-state index in [1.165, 1.54) is 12.8 Å². The zero-order chi connectivity index (χ0) is 6.69. The van der Waals surface area contributed by atoms with Gasteiger partial charge in [0.05, 0.1) is 6.61 Å². The summed E-state index contributed by atoms with van der Waals surface area (Å²) in [7, 11) is 0. The molecule has 0 aliphatic carbocycles. The smallest absolute Gasteiger partial charge is 0.0508 e. The molecule has 0 saturated carbocycles. The van der Waals surface area contributed by atoms with Crippen molar-refractivity contribution in [1.82, 2.24) is 0 Å². The number of alkyl halides is 1. The van der Waals surface area contributed by atoms with E-state index in [9.17, 15) is 0 Å². The monoisotopic (exact) mass is 148 g/mol. The van der Waals surface area contributed by atoms with Crippen LogP contribution in [0.5, 0.6) is 0 Å². The third kappa shape index (κ3) is 2.15. The predicted molar refractivity (Wildman–Crippen MR) is 38.9 cm³/mol. The summed E-state index contributed by atoms with van der Waals surface area (Å²) in [4.78, 5) is 0. The van der Waals surface area contributed by atoms with Gasteiger partial charge in [0.1, 0.15) is 0 Å². The summed E-state index contributed by atoms with van der Waals surface area (Å²) < 4.78 is 5.26. The zero-order valence-electron chi connectivity index (χ0n) is 5.77. The average Bonchev–Trinajstić information content (AvgIpc) is 1.90. The van der Waals surface area contributed by atoms with Gasteiger partial charge in [-0.3, -0.25) is 0 Å². The second-order valence-electron chi connectivity index (χ2n) is 2.65. The highest BCUT2D eigenvalue weighted by Gasteiger charge is 2.17. The van der Waals surface area contributed by atoms with Crippen LogP contribution >= 0.6 is 11.6 Å². The normalized spacial score (nSPS) is 32.0. The molecule has 0 aromatic rings. The SMILES string of the molecule is CC(Cl)C1CCCOC1. The summed E-state index contributed by atoms with van der Waals surface area (Å²) >= 11 is 5.88. The van der Waals surface area contributed by atoms with E-state index in [-0.39, 0.29) is 5.38 Å². The highest BCUT2D eigenvalue weighted by Crippen LogP contribution is 2.20. The Labute approximate surface area is 61.3 Å². The topological polar surface area (TPSA) is 9.23 Å². The second kappa shape index (κ2) is 3.43. The molecule has 0 N–H and O–H groups in total. The van der Waals surface area contributed by atoms with Crippen LogP contribution in [-0.2, 0) is 4.74 Å². The molecule has 9 heavy (non-hydrogen) atoms. The molecule has 1 fully saturated rings. The van der Waals surface area contributed by atoms with Gasteiger partial charge in [-0.1, -0.05) is 0 Å². The van der Waals surface area contributed by atoms with Gasteiger partial charge in [-0.2, -0.15) is 0 Å². The molecule has 1 rings (SSSR count). The van der Waals surface area contributed by atoms with Crippen molar-refractivity contribution in [3.05, 3.63) is 0 Å². The first-order valence-electron chi connectivity index (χ1n) is 3.52. The van der Waals surface area contributed by atoms with Crippen molar-refractivity contribution in [2.75, 3.05) is 13.2 Å². The summed E-state index contributed by atoms with van der Waals surface area (Å²) in [6.07, 6.45) is 2.42. The van der Waals surface area contributed by atoms with Gasteiger partial charge in [-0.25, -0.2) is 0 Å². The molecule has 1 aliphatic rings. The van der Waals surface area contributed by atoms with Crippen LogP contribution < -0.4 is 0 Å². The molecule has 1 aliphatic heterocycles. The first kappa shape index (κ1) is 7.36. The summed E-state index contributed by atoms with van der Waals surface area (Å²) in [5, 5.41) is 0.283. The quantitative estimate of drug-likeness (QED) is 0.518. The molecular weight excluding hydrogens is 136 g/mol. The summed E-state index contributed by atoms with van der Waals surface area (Å²) in [5.41, 5.74) is 0. The minimum atomic E-state index is 0.283. The largest absolute Gasteiger partial charge is 0.381 e. The van der Waals surface area contributed by atoms with Crippen molar-refractivity contribution >= 4 is 11.6 Å². The molecule has 2 heteroatoms. The van der Waals surface area contributed by atoms with Crippen molar-refractivity contribution in [2.24, 2.45) is 5.92 Å². The standard InChI is InChI=1S/C7H13ClO/c1-6(8)7-3-2-4-9-5-7/h6-7H,2-5H2,1H3. The van der Waals surface area contributed by atoms with Crippen molar-refractivity contribution in [1.29, 1.82) is 0 Å². The molecule has 1 saturated heterocycles. The second-order valence-corrected chi connectivity index (χ2v) is 3.34. The van der Waals surface area contributed by atoms with Crippen LogP contribution in [0.4, 0.5) is 0 Å². The molecule has 2 atom stereocenters. The Morgan fingerprint density at radius 3 is 2.78 bits per heavy atom. The fraction of sp³-hybridized carbons (Fsp3) is 1.00. The molecule has 0 radical (unpaired) electrons. The lowest BCUT2D eigenvalue weighted by molar-refractivity contribution is 0.0549. The minimum Gasteiger partial charge on any atom is -0.381 e. The van der Waals surface area contributed by atoms with E-state index < -0.39 is 0 Å². The lowest BCUT2D eigenvalue weighted by Gasteiger charge is -2.23. The Morgan fingerprint density at radius 1 is 1.67 bits per heavy atom. The van der Waals surface area contributed by atoms with E-state index in [0.29, 0.717) is 5.92 Å². The number of rotatable bonds is 1. The van der Waals surface area contributed by atoms with Gasteiger partial charge >= 0.3 is 0 Å². The molecule has 54 valence electrons. The number of hydrogen-bond donors (Lipinski definition) is 0. The van der Waals surface area contributed by atoms with E-state index in [2.05, 4.69) is 0 Å². The summed E-state index contributed by atoms with van der Waals surface area (Å²) in [5.74, 6) is 0.598. The van der Waals surface area contributed by atoms with Gasteiger partial charge in [0.2, 0.25) is 0 Å². The third-order valence-electron chi connectivity index (χ3n) is 1.85. The van der Waals surface area contributed by atoms with Gasteiger partial charge in [-0.05, 0) is 25.7 Å². The predicted octanol–water partition coefficient (Wildman–Crippen LogP) is 2.04. The first-order valence-corrected chi connectivity index (χ1v) is 3.96. The summed E-state index contributed by atoms with van der Waals surface area (Å²) in [6.45, 7) is 3.84. The Kier molecular flexibility index (Phi) is 2.80. The van der Waals surface area contributed by atoms with E-state index in [1.807, 2.05) is 6.92 Å². The zero-order valence-corrected chi connectivity index (χ0v) is 6.53. The maximum Gasteiger partial charge on any atom is 0.0508 e. The molecule has 0 aromatic heterocycles. The van der Waals surface area contributed by atoms with E-state index in [0.717, 1.165) is 13.2 Å². The van der Waals surface area contributed by atoms with E-state index in [1.54, 1.807) is 0 Å². The molecule has 0 amide bonds. The molecular formula is C7H13ClO. The van der Waals surface area contributed by atoms with Gasteiger partial charge in [0.25, 0.3) is 0 Å². The number of hydrogen-bond acceptors (Lipinski definition) is 1. The average molecular weight is 149 g/mol. The van der Waals surface area contributed by atoms with Crippen molar-refractivity contribution < 1.29 is 4.74 Å². The van der Waals surface area contributed by atoms with Crippen LogP contribution in [0.1, 0.15) is 19.8 Å². The number of halogens is 1. The van der Waals surface area contributed by atoms with Gasteiger partial charge < -0.3 is 4.74 Å². The van der Waals surface area contributed by atoms with Gasteiger partial charge in [0, 0.05) is 12.0 Å². The molecule has 1 nitrogen and oxygen atoms in total. The molecule has 2 unspecified atom stereocenters. The fourth-order valence-electron chi connectivity index (χ4n) is 1.13. The van der Waals surface area contributed by atoms with Crippen LogP contribution in [0.2, 0.25) is 0 Å². The van der Waals surface area contributed by atoms with Crippen LogP contribution in [0.15, 0.2) is 0 Å². The molecule has 1 heterocycles. The maximum absolute atomic E-state index is 5.88. The number of ether oxygens (including phenoxy) is 1. The van der Waals surface area contributed by atoms with Gasteiger partial charge in [0.15, 0.2) is 0 Å². The van der Waals surface area contributed by atoms with Crippen LogP contribution in [0, 0.1) is 5.92 Å². The van der Waals surface area contributed by atoms with Crippen molar-refractivity contribution in [3.8, 4) is 0 Å². The van der Waals surface area contributed by atoms with Gasteiger partial charge in [-0.15, -0.1) is 11.6 Å². The highest BCUT2D eigenvalue weighted by molar-refractivity contribution is 6.20. The molecule has 0 spiro atoms. The van der Waals surface area contributed by atoms with Crippen LogP contribution in [-0.4, -0.2) is 18.6 Å². The fourth-order valence-corrected chi connectivity index (χ4v) is 1.33. The Hall–Kier alpha value is 0.250.